The third-order valence-corrected chi connectivity index (χ3v) is 3.16. The monoisotopic (exact) mass is 320 g/mol. The molecular formula is C15H17ClN4O2. The minimum atomic E-state index is -0.317. The number of nitrogens with zero attached hydrogens (tertiary/aromatic N) is 2. The molecule has 6 nitrogen and oxygen atoms in total. The van der Waals surface area contributed by atoms with Gasteiger partial charge in [0.05, 0.1) is 6.61 Å². The third-order valence-electron chi connectivity index (χ3n) is 2.93. The second kappa shape index (κ2) is 7.72. The number of hydrogen-bond donors (Lipinski definition) is 2. The number of benzene rings is 1. The SMILES string of the molecule is COCCNc1nccc(C(=O)Nc2cc(Cl)ccc2C)n1. The number of nitrogens with one attached hydrogen (secondary N) is 2. The van der Waals surface area contributed by atoms with Gasteiger partial charge in [0.15, 0.2) is 0 Å². The van der Waals surface area contributed by atoms with Crippen LogP contribution in [0.25, 0.3) is 0 Å². The minimum Gasteiger partial charge on any atom is -0.383 e. The molecule has 0 aliphatic heterocycles. The van der Waals surface area contributed by atoms with E-state index in [2.05, 4.69) is 20.6 Å². The summed E-state index contributed by atoms with van der Waals surface area (Å²) in [5, 5.41) is 6.33. The van der Waals surface area contributed by atoms with E-state index < -0.39 is 0 Å². The quantitative estimate of drug-likeness (QED) is 0.800. The Morgan fingerprint density at radius 1 is 1.36 bits per heavy atom. The van der Waals surface area contributed by atoms with Crippen LogP contribution < -0.4 is 10.6 Å². The van der Waals surface area contributed by atoms with Crippen molar-refractivity contribution in [3.05, 3.63) is 46.7 Å². The van der Waals surface area contributed by atoms with Crippen LogP contribution in [0.15, 0.2) is 30.5 Å². The molecule has 0 spiro atoms. The van der Waals surface area contributed by atoms with Crippen molar-refractivity contribution in [3.8, 4) is 0 Å². The number of carbonyl (C=O) groups is 1. The van der Waals surface area contributed by atoms with Crippen molar-refractivity contribution in [1.29, 1.82) is 0 Å². The average Bonchev–Trinajstić information content (AvgIpc) is 2.51. The molecule has 0 saturated carbocycles. The Hall–Kier alpha value is -2.18. The molecule has 1 aromatic heterocycles. The summed E-state index contributed by atoms with van der Waals surface area (Å²) in [6.45, 7) is 2.99. The number of methoxy groups -OCH3 is 1. The lowest BCUT2D eigenvalue weighted by atomic mass is 10.2. The summed E-state index contributed by atoms with van der Waals surface area (Å²) in [5.74, 6) is 0.0649. The Bertz CT molecular complexity index is 664. The number of rotatable bonds is 6. The Kier molecular flexibility index (Phi) is 5.68. The van der Waals surface area contributed by atoms with E-state index in [0.717, 1.165) is 5.56 Å². The lowest BCUT2D eigenvalue weighted by Crippen LogP contribution is -2.17. The van der Waals surface area contributed by atoms with Gasteiger partial charge in [-0.05, 0) is 30.7 Å². The van der Waals surface area contributed by atoms with E-state index in [4.69, 9.17) is 16.3 Å². The van der Waals surface area contributed by atoms with Crippen molar-refractivity contribution >= 4 is 29.1 Å². The van der Waals surface area contributed by atoms with Crippen LogP contribution in [0.1, 0.15) is 16.1 Å². The summed E-state index contributed by atoms with van der Waals surface area (Å²) in [7, 11) is 1.61. The molecule has 22 heavy (non-hydrogen) atoms. The van der Waals surface area contributed by atoms with Crippen molar-refractivity contribution in [2.75, 3.05) is 30.9 Å². The lowest BCUT2D eigenvalue weighted by Gasteiger charge is -2.09. The van der Waals surface area contributed by atoms with Crippen LogP contribution in [0.4, 0.5) is 11.6 Å². The van der Waals surface area contributed by atoms with Crippen LogP contribution in [0.5, 0.6) is 0 Å². The zero-order valence-electron chi connectivity index (χ0n) is 12.4. The summed E-state index contributed by atoms with van der Waals surface area (Å²) >= 11 is 5.94. The predicted molar refractivity (Wildman–Crippen MR) is 86.5 cm³/mol. The zero-order chi connectivity index (χ0) is 15.9. The molecule has 0 atom stereocenters. The summed E-state index contributed by atoms with van der Waals surface area (Å²) in [6, 6.07) is 6.87. The van der Waals surface area contributed by atoms with Crippen molar-refractivity contribution in [2.24, 2.45) is 0 Å². The molecule has 1 aromatic carbocycles. The Labute approximate surface area is 133 Å². The van der Waals surface area contributed by atoms with E-state index in [-0.39, 0.29) is 11.6 Å². The molecule has 116 valence electrons. The number of anilines is 2. The van der Waals surface area contributed by atoms with Crippen molar-refractivity contribution in [1.82, 2.24) is 9.97 Å². The van der Waals surface area contributed by atoms with Crippen LogP contribution in [0.2, 0.25) is 5.02 Å². The number of carbonyl (C=O) groups excluding carboxylic acids is 1. The molecular weight excluding hydrogens is 304 g/mol. The van der Waals surface area contributed by atoms with Gasteiger partial charge in [0.2, 0.25) is 5.95 Å². The van der Waals surface area contributed by atoms with Gasteiger partial charge in [-0.1, -0.05) is 17.7 Å². The van der Waals surface area contributed by atoms with Gasteiger partial charge in [0, 0.05) is 30.6 Å². The molecule has 0 fully saturated rings. The maximum Gasteiger partial charge on any atom is 0.274 e. The first-order chi connectivity index (χ1) is 10.6. The Balaban J connectivity index is 2.09. The molecule has 0 unspecified atom stereocenters. The standard InChI is InChI=1S/C15H17ClN4O2/c1-10-3-4-11(16)9-13(10)19-14(21)12-5-6-17-15(20-12)18-7-8-22-2/h3-6,9H,7-8H2,1-2H3,(H,19,21)(H,17,18,20). The Morgan fingerprint density at radius 3 is 2.95 bits per heavy atom. The van der Waals surface area contributed by atoms with E-state index in [0.29, 0.717) is 29.8 Å². The number of hydrogen-bond acceptors (Lipinski definition) is 5. The lowest BCUT2D eigenvalue weighted by molar-refractivity contribution is 0.102. The highest BCUT2D eigenvalue weighted by molar-refractivity contribution is 6.31. The van der Waals surface area contributed by atoms with E-state index in [1.54, 1.807) is 25.3 Å². The van der Waals surface area contributed by atoms with Gasteiger partial charge >= 0.3 is 0 Å². The highest BCUT2D eigenvalue weighted by atomic mass is 35.5. The second-order valence-corrected chi connectivity index (χ2v) is 5.03. The molecule has 0 radical (unpaired) electrons. The summed E-state index contributed by atoms with van der Waals surface area (Å²) in [6.07, 6.45) is 1.53. The molecule has 1 heterocycles. The van der Waals surface area contributed by atoms with E-state index in [1.807, 2.05) is 13.0 Å². The molecule has 7 heteroatoms. The first kappa shape index (κ1) is 16.2. The average molecular weight is 321 g/mol. The van der Waals surface area contributed by atoms with Gasteiger partial charge in [-0.25, -0.2) is 9.97 Å². The largest absolute Gasteiger partial charge is 0.383 e. The molecule has 0 saturated heterocycles. The fourth-order valence-corrected chi connectivity index (χ4v) is 1.92. The first-order valence-corrected chi connectivity index (χ1v) is 7.11. The minimum absolute atomic E-state index is 0.272. The predicted octanol–water partition coefficient (Wildman–Crippen LogP) is 2.75. The molecule has 2 N–H and O–H groups in total. The smallest absolute Gasteiger partial charge is 0.274 e. The topological polar surface area (TPSA) is 76.1 Å². The van der Waals surface area contributed by atoms with Crippen molar-refractivity contribution in [2.45, 2.75) is 6.92 Å². The zero-order valence-corrected chi connectivity index (χ0v) is 13.1. The highest BCUT2D eigenvalue weighted by Gasteiger charge is 2.10. The second-order valence-electron chi connectivity index (χ2n) is 4.60. The molecule has 2 rings (SSSR count). The molecule has 0 aliphatic carbocycles. The van der Waals surface area contributed by atoms with E-state index >= 15 is 0 Å². The van der Waals surface area contributed by atoms with Crippen molar-refractivity contribution < 1.29 is 9.53 Å². The fourth-order valence-electron chi connectivity index (χ4n) is 1.75. The normalized spacial score (nSPS) is 10.3. The summed E-state index contributed by atoms with van der Waals surface area (Å²) in [5.41, 5.74) is 1.85. The molecule has 2 aromatic rings. The summed E-state index contributed by atoms with van der Waals surface area (Å²) < 4.78 is 4.93. The fraction of sp³-hybridized carbons (Fsp3) is 0.267. The summed E-state index contributed by atoms with van der Waals surface area (Å²) in [4.78, 5) is 20.5. The van der Waals surface area contributed by atoms with Gasteiger partial charge in [-0.15, -0.1) is 0 Å². The van der Waals surface area contributed by atoms with Crippen LogP contribution >= 0.6 is 11.6 Å². The first-order valence-electron chi connectivity index (χ1n) is 6.73. The number of aryl methyl sites for hydroxylation is 1. The van der Waals surface area contributed by atoms with Gasteiger partial charge in [-0.3, -0.25) is 4.79 Å². The van der Waals surface area contributed by atoms with E-state index in [1.165, 1.54) is 6.20 Å². The Morgan fingerprint density at radius 2 is 2.18 bits per heavy atom. The highest BCUT2D eigenvalue weighted by Crippen LogP contribution is 2.20. The van der Waals surface area contributed by atoms with Crippen molar-refractivity contribution in [3.63, 3.8) is 0 Å². The van der Waals surface area contributed by atoms with Crippen LogP contribution in [0.3, 0.4) is 0 Å². The molecule has 0 aliphatic rings. The van der Waals surface area contributed by atoms with Gasteiger partial charge in [-0.2, -0.15) is 0 Å². The number of halogens is 1. The maximum atomic E-state index is 12.3. The number of aromatic nitrogens is 2. The van der Waals surface area contributed by atoms with Gasteiger partial charge < -0.3 is 15.4 Å². The number of ether oxygens (including phenoxy) is 1. The van der Waals surface area contributed by atoms with Gasteiger partial charge in [0.1, 0.15) is 5.69 Å². The van der Waals surface area contributed by atoms with E-state index in [9.17, 15) is 4.79 Å². The van der Waals surface area contributed by atoms with Crippen LogP contribution in [-0.4, -0.2) is 36.1 Å². The number of amides is 1. The van der Waals surface area contributed by atoms with Crippen LogP contribution in [0, 0.1) is 6.92 Å². The molecule has 1 amide bonds. The van der Waals surface area contributed by atoms with Gasteiger partial charge in [0.25, 0.3) is 5.91 Å². The molecule has 0 bridgehead atoms. The van der Waals surface area contributed by atoms with Crippen LogP contribution in [-0.2, 0) is 4.74 Å². The maximum absolute atomic E-state index is 12.3. The third kappa shape index (κ3) is 4.41.